The molecule has 17 heavy (non-hydrogen) atoms. The fourth-order valence-corrected chi connectivity index (χ4v) is 2.61. The molecule has 2 rings (SSSR count). The predicted molar refractivity (Wildman–Crippen MR) is 71.1 cm³/mol. The van der Waals surface area contributed by atoms with Gasteiger partial charge in [0.05, 0.1) is 16.4 Å². The molecule has 2 aromatic heterocycles. The number of rotatable bonds is 4. The Bertz CT molecular complexity index is 479. The molecule has 0 aliphatic carbocycles. The number of aryl methyl sites for hydroxylation is 2. The number of pyridine rings is 1. The number of nitrogens with zero attached hydrogens (tertiary/aromatic N) is 2. The summed E-state index contributed by atoms with van der Waals surface area (Å²) in [5, 5.41) is 4.61. The van der Waals surface area contributed by atoms with Crippen LogP contribution < -0.4 is 5.32 Å². The van der Waals surface area contributed by atoms with Crippen LogP contribution in [0.15, 0.2) is 24.4 Å². The summed E-state index contributed by atoms with van der Waals surface area (Å²) >= 11 is 1.76. The molecule has 4 heteroatoms. The number of nitrogens with one attached hydrogen (secondary N) is 1. The molecule has 0 aliphatic rings. The van der Waals surface area contributed by atoms with E-state index in [0.29, 0.717) is 0 Å². The summed E-state index contributed by atoms with van der Waals surface area (Å²) in [6.07, 6.45) is 1.83. The summed E-state index contributed by atoms with van der Waals surface area (Å²) < 4.78 is 0. The van der Waals surface area contributed by atoms with Crippen molar-refractivity contribution < 1.29 is 0 Å². The van der Waals surface area contributed by atoms with Gasteiger partial charge in [0, 0.05) is 23.7 Å². The number of hydrogen-bond donors (Lipinski definition) is 1. The lowest BCUT2D eigenvalue weighted by Crippen LogP contribution is -2.18. The van der Waals surface area contributed by atoms with Crippen LogP contribution in [0.3, 0.4) is 0 Å². The Morgan fingerprint density at radius 2 is 2.18 bits per heavy atom. The molecule has 0 spiro atoms. The SMILES string of the molecule is Cc1nc(C)c(CNC(C)c2ccccn2)s1. The van der Waals surface area contributed by atoms with Crippen molar-refractivity contribution >= 4 is 11.3 Å². The normalized spacial score (nSPS) is 12.6. The zero-order valence-electron chi connectivity index (χ0n) is 10.4. The third-order valence-corrected chi connectivity index (χ3v) is 3.77. The van der Waals surface area contributed by atoms with Gasteiger partial charge in [0.15, 0.2) is 0 Å². The van der Waals surface area contributed by atoms with Gasteiger partial charge in [-0.1, -0.05) is 6.07 Å². The third kappa shape index (κ3) is 3.11. The smallest absolute Gasteiger partial charge is 0.0900 e. The molecule has 2 aromatic rings. The van der Waals surface area contributed by atoms with Crippen LogP contribution in [-0.4, -0.2) is 9.97 Å². The number of hydrogen-bond acceptors (Lipinski definition) is 4. The first kappa shape index (κ1) is 12.2. The zero-order valence-corrected chi connectivity index (χ0v) is 11.2. The van der Waals surface area contributed by atoms with E-state index in [0.717, 1.165) is 22.9 Å². The van der Waals surface area contributed by atoms with Gasteiger partial charge in [0.1, 0.15) is 0 Å². The van der Waals surface area contributed by atoms with Crippen LogP contribution in [0.2, 0.25) is 0 Å². The van der Waals surface area contributed by atoms with Gasteiger partial charge in [-0.05, 0) is 32.9 Å². The summed E-state index contributed by atoms with van der Waals surface area (Å²) in [6.45, 7) is 7.09. The lowest BCUT2D eigenvalue weighted by atomic mass is 10.2. The van der Waals surface area contributed by atoms with Crippen LogP contribution in [0.25, 0.3) is 0 Å². The Kier molecular flexibility index (Phi) is 3.86. The van der Waals surface area contributed by atoms with E-state index in [2.05, 4.69) is 29.1 Å². The van der Waals surface area contributed by atoms with Crippen molar-refractivity contribution in [2.24, 2.45) is 0 Å². The molecule has 0 bridgehead atoms. The van der Waals surface area contributed by atoms with Crippen LogP contribution in [0.5, 0.6) is 0 Å². The van der Waals surface area contributed by atoms with Crippen molar-refractivity contribution in [2.45, 2.75) is 33.4 Å². The molecular weight excluding hydrogens is 230 g/mol. The average Bonchev–Trinajstić information content (AvgIpc) is 2.66. The van der Waals surface area contributed by atoms with Gasteiger partial charge in [0.25, 0.3) is 0 Å². The third-order valence-electron chi connectivity index (χ3n) is 2.70. The van der Waals surface area contributed by atoms with E-state index >= 15 is 0 Å². The van der Waals surface area contributed by atoms with Gasteiger partial charge in [-0.25, -0.2) is 4.98 Å². The maximum atomic E-state index is 4.42. The minimum atomic E-state index is 0.262. The largest absolute Gasteiger partial charge is 0.304 e. The van der Waals surface area contributed by atoms with E-state index in [1.165, 1.54) is 4.88 Å². The van der Waals surface area contributed by atoms with Gasteiger partial charge in [-0.3, -0.25) is 4.98 Å². The van der Waals surface area contributed by atoms with Crippen LogP contribution in [0.1, 0.15) is 34.2 Å². The quantitative estimate of drug-likeness (QED) is 0.902. The summed E-state index contributed by atoms with van der Waals surface area (Å²) in [6, 6.07) is 6.26. The topological polar surface area (TPSA) is 37.8 Å². The van der Waals surface area contributed by atoms with Crippen molar-refractivity contribution in [3.8, 4) is 0 Å². The van der Waals surface area contributed by atoms with Crippen LogP contribution in [0.4, 0.5) is 0 Å². The van der Waals surface area contributed by atoms with E-state index < -0.39 is 0 Å². The molecule has 0 radical (unpaired) electrons. The summed E-state index contributed by atoms with van der Waals surface area (Å²) in [7, 11) is 0. The van der Waals surface area contributed by atoms with E-state index in [-0.39, 0.29) is 6.04 Å². The van der Waals surface area contributed by atoms with Crippen LogP contribution in [-0.2, 0) is 6.54 Å². The molecule has 1 unspecified atom stereocenters. The average molecular weight is 247 g/mol. The van der Waals surface area contributed by atoms with E-state index in [1.54, 1.807) is 11.3 Å². The van der Waals surface area contributed by atoms with Crippen molar-refractivity contribution in [2.75, 3.05) is 0 Å². The van der Waals surface area contributed by atoms with Gasteiger partial charge in [-0.15, -0.1) is 11.3 Å². The molecule has 1 N–H and O–H groups in total. The molecule has 2 heterocycles. The van der Waals surface area contributed by atoms with E-state index in [9.17, 15) is 0 Å². The minimum Gasteiger partial charge on any atom is -0.304 e. The minimum absolute atomic E-state index is 0.262. The second-order valence-corrected chi connectivity index (χ2v) is 5.39. The molecule has 1 atom stereocenters. The first-order chi connectivity index (χ1) is 8.16. The molecule has 0 aliphatic heterocycles. The molecule has 0 fully saturated rings. The summed E-state index contributed by atoms with van der Waals surface area (Å²) in [4.78, 5) is 10.1. The molecule has 90 valence electrons. The van der Waals surface area contributed by atoms with Gasteiger partial charge >= 0.3 is 0 Å². The molecule has 3 nitrogen and oxygen atoms in total. The van der Waals surface area contributed by atoms with Gasteiger partial charge in [0.2, 0.25) is 0 Å². The Morgan fingerprint density at radius 1 is 1.35 bits per heavy atom. The molecule has 0 saturated heterocycles. The fraction of sp³-hybridized carbons (Fsp3) is 0.385. The maximum absolute atomic E-state index is 4.42. The van der Waals surface area contributed by atoms with Crippen LogP contribution >= 0.6 is 11.3 Å². The fourth-order valence-electron chi connectivity index (χ4n) is 1.72. The Balaban J connectivity index is 1.97. The second kappa shape index (κ2) is 5.38. The molecular formula is C13H17N3S. The number of thiazole rings is 1. The highest BCUT2D eigenvalue weighted by Gasteiger charge is 2.08. The lowest BCUT2D eigenvalue weighted by molar-refractivity contribution is 0.564. The van der Waals surface area contributed by atoms with Crippen LogP contribution in [0, 0.1) is 13.8 Å². The van der Waals surface area contributed by atoms with Crippen molar-refractivity contribution in [3.05, 3.63) is 45.7 Å². The van der Waals surface area contributed by atoms with E-state index in [4.69, 9.17) is 0 Å². The van der Waals surface area contributed by atoms with Gasteiger partial charge < -0.3 is 5.32 Å². The van der Waals surface area contributed by atoms with Crippen molar-refractivity contribution in [1.82, 2.24) is 15.3 Å². The zero-order chi connectivity index (χ0) is 12.3. The first-order valence-electron chi connectivity index (χ1n) is 5.74. The van der Waals surface area contributed by atoms with Crippen molar-refractivity contribution in [1.29, 1.82) is 0 Å². The predicted octanol–water partition coefficient (Wildman–Crippen LogP) is 3.01. The molecule has 0 saturated carbocycles. The Morgan fingerprint density at radius 3 is 2.76 bits per heavy atom. The molecule has 0 aromatic carbocycles. The highest BCUT2D eigenvalue weighted by molar-refractivity contribution is 7.11. The Labute approximate surface area is 106 Å². The lowest BCUT2D eigenvalue weighted by Gasteiger charge is -2.12. The van der Waals surface area contributed by atoms with Gasteiger partial charge in [-0.2, -0.15) is 0 Å². The van der Waals surface area contributed by atoms with E-state index in [1.807, 2.05) is 31.3 Å². The summed E-state index contributed by atoms with van der Waals surface area (Å²) in [5.41, 5.74) is 2.21. The maximum Gasteiger partial charge on any atom is 0.0900 e. The van der Waals surface area contributed by atoms with Crippen molar-refractivity contribution in [3.63, 3.8) is 0 Å². The number of aromatic nitrogens is 2. The second-order valence-electron chi connectivity index (χ2n) is 4.10. The highest BCUT2D eigenvalue weighted by atomic mass is 32.1. The monoisotopic (exact) mass is 247 g/mol. The molecule has 0 amide bonds. The standard InChI is InChI=1S/C13H17N3S/c1-9(12-6-4-5-7-14-12)15-8-13-10(2)16-11(3)17-13/h4-7,9,15H,8H2,1-3H3. The highest BCUT2D eigenvalue weighted by Crippen LogP contribution is 2.18. The first-order valence-corrected chi connectivity index (χ1v) is 6.55. The Hall–Kier alpha value is -1.26. The summed E-state index contributed by atoms with van der Waals surface area (Å²) in [5.74, 6) is 0.